The van der Waals surface area contributed by atoms with Crippen molar-refractivity contribution in [1.82, 2.24) is 20.2 Å². The van der Waals surface area contributed by atoms with Gasteiger partial charge >= 0.3 is 6.03 Å². The van der Waals surface area contributed by atoms with Crippen molar-refractivity contribution in [3.8, 4) is 0 Å². The van der Waals surface area contributed by atoms with Crippen LogP contribution in [0, 0.1) is 0 Å². The third-order valence-corrected chi connectivity index (χ3v) is 5.62. The second-order valence-electron chi connectivity index (χ2n) is 7.33. The van der Waals surface area contributed by atoms with Crippen molar-refractivity contribution in [2.45, 2.75) is 56.9 Å². The third kappa shape index (κ3) is 3.75. The summed E-state index contributed by atoms with van der Waals surface area (Å²) in [6.45, 7) is 1.62. The van der Waals surface area contributed by atoms with E-state index < -0.39 is 0 Å². The van der Waals surface area contributed by atoms with Gasteiger partial charge in [0.1, 0.15) is 0 Å². The number of likely N-dealkylation sites (tertiary alicyclic amines) is 1. The normalized spacial score (nSPS) is 19.9. The number of hydrogen-bond donors (Lipinski definition) is 1. The number of urea groups is 1. The molecule has 0 aromatic carbocycles. The molecule has 5 heteroatoms. The van der Waals surface area contributed by atoms with Gasteiger partial charge in [0.25, 0.3) is 0 Å². The summed E-state index contributed by atoms with van der Waals surface area (Å²) in [5.74, 6) is 0.421. The van der Waals surface area contributed by atoms with Gasteiger partial charge in [-0.3, -0.25) is 0 Å². The third-order valence-electron chi connectivity index (χ3n) is 5.62. The Bertz CT molecular complexity index is 733. The van der Waals surface area contributed by atoms with Gasteiger partial charge in [0.15, 0.2) is 5.65 Å². The molecule has 0 unspecified atom stereocenters. The number of rotatable bonds is 2. The second-order valence-corrected chi connectivity index (χ2v) is 7.33. The van der Waals surface area contributed by atoms with E-state index in [-0.39, 0.29) is 6.03 Å². The number of aromatic nitrogens is 2. The predicted octanol–water partition coefficient (Wildman–Crippen LogP) is 3.85. The smallest absolute Gasteiger partial charge is 0.317 e. The van der Waals surface area contributed by atoms with Crippen LogP contribution in [0.2, 0.25) is 0 Å². The Hall–Kier alpha value is -2.17. The zero-order valence-electron chi connectivity index (χ0n) is 14.7. The van der Waals surface area contributed by atoms with E-state index in [1.807, 2.05) is 17.0 Å². The SMILES string of the molecule is O=C(NC1CCCCC1)N1CCC(c2ccc3cccnc3n2)CC1. The molecule has 132 valence electrons. The molecule has 1 N–H and O–H groups in total. The Kier molecular flexibility index (Phi) is 4.81. The Morgan fingerprint density at radius 2 is 1.84 bits per heavy atom. The minimum atomic E-state index is 0.124. The molecule has 4 rings (SSSR count). The molecule has 2 aliphatic rings. The van der Waals surface area contributed by atoms with Crippen LogP contribution in [0.15, 0.2) is 30.5 Å². The molecule has 1 aliphatic heterocycles. The summed E-state index contributed by atoms with van der Waals surface area (Å²) in [5, 5.41) is 4.31. The highest BCUT2D eigenvalue weighted by molar-refractivity contribution is 5.75. The van der Waals surface area contributed by atoms with Gasteiger partial charge in [0, 0.05) is 42.3 Å². The van der Waals surface area contributed by atoms with Gasteiger partial charge in [-0.25, -0.2) is 14.8 Å². The van der Waals surface area contributed by atoms with Gasteiger partial charge in [-0.2, -0.15) is 0 Å². The maximum absolute atomic E-state index is 12.5. The van der Waals surface area contributed by atoms with Crippen LogP contribution < -0.4 is 5.32 Å². The van der Waals surface area contributed by atoms with Crippen LogP contribution >= 0.6 is 0 Å². The highest BCUT2D eigenvalue weighted by Crippen LogP contribution is 2.28. The number of nitrogens with zero attached hydrogens (tertiary/aromatic N) is 3. The number of amides is 2. The molecule has 5 nitrogen and oxygen atoms in total. The van der Waals surface area contributed by atoms with Crippen molar-refractivity contribution < 1.29 is 4.79 Å². The standard InChI is InChI=1S/C20H26N4O/c25-20(22-17-6-2-1-3-7-17)24-13-10-15(11-14-24)18-9-8-16-5-4-12-21-19(16)23-18/h4-5,8-9,12,15,17H,1-3,6-7,10-11,13-14H2,(H,22,25). The van der Waals surface area contributed by atoms with E-state index in [0.717, 1.165) is 55.5 Å². The van der Waals surface area contributed by atoms with Crippen LogP contribution in [0.3, 0.4) is 0 Å². The lowest BCUT2D eigenvalue weighted by molar-refractivity contribution is 0.174. The molecule has 0 atom stereocenters. The fourth-order valence-electron chi connectivity index (χ4n) is 4.09. The van der Waals surface area contributed by atoms with Gasteiger partial charge < -0.3 is 10.2 Å². The molecular weight excluding hydrogens is 312 g/mol. The molecule has 1 aliphatic carbocycles. The first-order chi connectivity index (χ1) is 12.3. The minimum Gasteiger partial charge on any atom is -0.335 e. The second kappa shape index (κ2) is 7.38. The molecule has 2 aromatic rings. The lowest BCUT2D eigenvalue weighted by Gasteiger charge is -2.33. The molecule has 0 bridgehead atoms. The van der Waals surface area contributed by atoms with Crippen LogP contribution in [0.5, 0.6) is 0 Å². The Morgan fingerprint density at radius 3 is 2.64 bits per heavy atom. The lowest BCUT2D eigenvalue weighted by Crippen LogP contribution is -2.48. The summed E-state index contributed by atoms with van der Waals surface area (Å²) < 4.78 is 0. The monoisotopic (exact) mass is 338 g/mol. The first-order valence-corrected chi connectivity index (χ1v) is 9.57. The minimum absolute atomic E-state index is 0.124. The number of hydrogen-bond acceptors (Lipinski definition) is 3. The number of nitrogens with one attached hydrogen (secondary N) is 1. The fraction of sp³-hybridized carbons (Fsp3) is 0.550. The van der Waals surface area contributed by atoms with E-state index in [1.165, 1.54) is 19.3 Å². The summed E-state index contributed by atoms with van der Waals surface area (Å²) >= 11 is 0. The highest BCUT2D eigenvalue weighted by atomic mass is 16.2. The average molecular weight is 338 g/mol. The van der Waals surface area contributed by atoms with E-state index in [0.29, 0.717) is 12.0 Å². The first kappa shape index (κ1) is 16.3. The van der Waals surface area contributed by atoms with E-state index in [9.17, 15) is 4.79 Å². The van der Waals surface area contributed by atoms with Gasteiger partial charge in [-0.05, 0) is 49.9 Å². The molecular formula is C20H26N4O. The lowest BCUT2D eigenvalue weighted by atomic mass is 9.92. The van der Waals surface area contributed by atoms with E-state index in [4.69, 9.17) is 4.98 Å². The van der Waals surface area contributed by atoms with Crippen LogP contribution in [0.25, 0.3) is 11.0 Å². The van der Waals surface area contributed by atoms with Crippen molar-refractivity contribution in [1.29, 1.82) is 0 Å². The van der Waals surface area contributed by atoms with Crippen LogP contribution in [0.4, 0.5) is 4.79 Å². The maximum Gasteiger partial charge on any atom is 0.317 e. The first-order valence-electron chi connectivity index (χ1n) is 9.57. The maximum atomic E-state index is 12.5. The van der Waals surface area contributed by atoms with Gasteiger partial charge in [0.2, 0.25) is 0 Å². The highest BCUT2D eigenvalue weighted by Gasteiger charge is 2.26. The van der Waals surface area contributed by atoms with Crippen molar-refractivity contribution in [2.24, 2.45) is 0 Å². The van der Waals surface area contributed by atoms with Crippen molar-refractivity contribution in [3.05, 3.63) is 36.2 Å². The molecule has 25 heavy (non-hydrogen) atoms. The van der Waals surface area contributed by atoms with Crippen LogP contribution in [0.1, 0.15) is 56.6 Å². The van der Waals surface area contributed by atoms with Crippen molar-refractivity contribution >= 4 is 17.1 Å². The van der Waals surface area contributed by atoms with Crippen LogP contribution in [-0.4, -0.2) is 40.0 Å². The van der Waals surface area contributed by atoms with Gasteiger partial charge in [-0.15, -0.1) is 0 Å². The Labute approximate surface area is 148 Å². The molecule has 2 fully saturated rings. The fourth-order valence-corrected chi connectivity index (χ4v) is 4.09. The Balaban J connectivity index is 1.34. The predicted molar refractivity (Wildman–Crippen MR) is 98.5 cm³/mol. The van der Waals surface area contributed by atoms with Gasteiger partial charge in [-0.1, -0.05) is 19.3 Å². The molecule has 0 radical (unpaired) electrons. The van der Waals surface area contributed by atoms with Crippen molar-refractivity contribution in [2.75, 3.05) is 13.1 Å². The number of piperidine rings is 1. The molecule has 2 amide bonds. The summed E-state index contributed by atoms with van der Waals surface area (Å²) in [7, 11) is 0. The quantitative estimate of drug-likeness (QED) is 0.905. The summed E-state index contributed by atoms with van der Waals surface area (Å²) in [6, 6.07) is 8.70. The number of fused-ring (bicyclic) bond motifs is 1. The molecule has 0 spiro atoms. The van der Waals surface area contributed by atoms with Gasteiger partial charge in [0.05, 0.1) is 0 Å². The largest absolute Gasteiger partial charge is 0.335 e. The van der Waals surface area contributed by atoms with Crippen LogP contribution in [-0.2, 0) is 0 Å². The molecule has 3 heterocycles. The van der Waals surface area contributed by atoms with E-state index in [1.54, 1.807) is 6.20 Å². The van der Waals surface area contributed by atoms with E-state index >= 15 is 0 Å². The topological polar surface area (TPSA) is 58.1 Å². The summed E-state index contributed by atoms with van der Waals surface area (Å²) in [6.07, 6.45) is 9.81. The summed E-state index contributed by atoms with van der Waals surface area (Å²) in [4.78, 5) is 23.5. The van der Waals surface area contributed by atoms with E-state index in [2.05, 4.69) is 22.4 Å². The molecule has 2 aromatic heterocycles. The Morgan fingerprint density at radius 1 is 1.04 bits per heavy atom. The average Bonchev–Trinajstić information content (AvgIpc) is 2.68. The zero-order chi connectivity index (χ0) is 17.1. The summed E-state index contributed by atoms with van der Waals surface area (Å²) in [5.41, 5.74) is 1.93. The van der Waals surface area contributed by atoms with Crippen molar-refractivity contribution in [3.63, 3.8) is 0 Å². The zero-order valence-corrected chi connectivity index (χ0v) is 14.7. The molecule has 1 saturated heterocycles. The number of carbonyl (C=O) groups excluding carboxylic acids is 1. The number of carbonyl (C=O) groups is 1. The molecule has 1 saturated carbocycles. The number of pyridine rings is 2.